The normalized spacial score (nSPS) is 12.7. The van der Waals surface area contributed by atoms with Crippen molar-refractivity contribution in [2.24, 2.45) is 0 Å². The van der Waals surface area contributed by atoms with E-state index < -0.39 is 49.5 Å². The Morgan fingerprint density at radius 3 is 2.07 bits per heavy atom. The van der Waals surface area contributed by atoms with Gasteiger partial charge < -0.3 is 27.9 Å². The maximum atomic E-state index is 13.5. The van der Waals surface area contributed by atoms with Gasteiger partial charge in [-0.15, -0.1) is 5.06 Å². The molecular formula is C36H46N4O13S2. The molecule has 19 heteroatoms. The van der Waals surface area contributed by atoms with E-state index in [1.807, 2.05) is 0 Å². The first-order chi connectivity index (χ1) is 25.6. The number of hydroxylamine groups is 2. The summed E-state index contributed by atoms with van der Waals surface area (Å²) in [7, 11) is -8.48. The second-order valence-electron chi connectivity index (χ2n) is 14.0. The predicted octanol–water partition coefficient (Wildman–Crippen LogP) is 6.10. The summed E-state index contributed by atoms with van der Waals surface area (Å²) in [4.78, 5) is 30.0. The molecule has 0 unspecified atom stereocenters. The minimum absolute atomic E-state index is 0.0294. The monoisotopic (exact) mass is 806 g/mol. The zero-order valence-electron chi connectivity index (χ0n) is 31.8. The lowest BCUT2D eigenvalue weighted by Crippen LogP contribution is -2.49. The second kappa shape index (κ2) is 17.0. The average Bonchev–Trinajstić information content (AvgIpc) is 3.52. The molecule has 0 radical (unpaired) electrons. The largest absolute Gasteiger partial charge is 0.493 e. The Bertz CT molecular complexity index is 2090. The number of sulfonamides is 1. The maximum absolute atomic E-state index is 13.5. The average molecular weight is 807 g/mol. The van der Waals surface area contributed by atoms with Gasteiger partial charge in [0, 0.05) is 25.1 Å². The number of carbonyl (C=O) groups excluding carboxylic acids is 2. The van der Waals surface area contributed by atoms with Gasteiger partial charge in [-0.3, -0.25) is 19.9 Å². The van der Waals surface area contributed by atoms with Crippen LogP contribution in [0.25, 0.3) is 0 Å². The molecule has 0 saturated carbocycles. The summed E-state index contributed by atoms with van der Waals surface area (Å²) >= 11 is 0. The van der Waals surface area contributed by atoms with Gasteiger partial charge in [-0.1, -0.05) is 0 Å². The number of aryl methyl sites for hydroxylation is 1. The number of anilines is 1. The van der Waals surface area contributed by atoms with Crippen molar-refractivity contribution in [3.05, 3.63) is 66.2 Å². The molecule has 17 nitrogen and oxygen atoms in total. The van der Waals surface area contributed by atoms with Gasteiger partial charge in [0.25, 0.3) is 10.0 Å². The molecule has 300 valence electrons. The van der Waals surface area contributed by atoms with E-state index in [-0.39, 0.29) is 54.3 Å². The Kier molecular flexibility index (Phi) is 13.2. The van der Waals surface area contributed by atoms with Gasteiger partial charge >= 0.3 is 22.3 Å². The van der Waals surface area contributed by atoms with Crippen molar-refractivity contribution < 1.29 is 59.1 Å². The van der Waals surface area contributed by atoms with Gasteiger partial charge in [-0.05, 0) is 109 Å². The van der Waals surface area contributed by atoms with Crippen LogP contribution in [0.2, 0.25) is 0 Å². The van der Waals surface area contributed by atoms with Crippen molar-refractivity contribution in [3.8, 4) is 23.0 Å². The molecule has 0 fully saturated rings. The van der Waals surface area contributed by atoms with Gasteiger partial charge in [0.15, 0.2) is 11.5 Å². The van der Waals surface area contributed by atoms with E-state index >= 15 is 0 Å². The number of hydrogen-bond donors (Lipinski definition) is 2. The number of benzene rings is 3. The molecular weight excluding hydrogens is 761 g/mol. The van der Waals surface area contributed by atoms with Crippen LogP contribution in [0, 0.1) is 12.3 Å². The SMILES string of the molecule is CCN(c1ccc2c(c1)OCO2)S(=O)(=O)c1ccc(S(=O)(=O)Oc2cc(C)cc(OCCCON(C(=N)NC(=O)OC(C)(C)C)C(=O)OC(C)(C)C)c2)cc1. The molecule has 0 aromatic heterocycles. The highest BCUT2D eigenvalue weighted by Crippen LogP contribution is 2.37. The third kappa shape index (κ3) is 11.9. The molecule has 55 heavy (non-hydrogen) atoms. The van der Waals surface area contributed by atoms with Crippen LogP contribution >= 0.6 is 0 Å². The van der Waals surface area contributed by atoms with Crippen molar-refractivity contribution in [3.63, 3.8) is 0 Å². The number of alkyl carbamates (subject to hydrolysis) is 1. The number of amides is 2. The van der Waals surface area contributed by atoms with Crippen LogP contribution in [0.5, 0.6) is 23.0 Å². The summed E-state index contributed by atoms with van der Waals surface area (Å²) in [5.41, 5.74) is -0.813. The number of carbonyl (C=O) groups is 2. The van der Waals surface area contributed by atoms with Crippen LogP contribution in [0.4, 0.5) is 15.3 Å². The number of hydrogen-bond acceptors (Lipinski definition) is 14. The smallest absolute Gasteiger partial charge is 0.442 e. The molecule has 0 spiro atoms. The van der Waals surface area contributed by atoms with E-state index in [0.717, 1.165) is 12.1 Å². The van der Waals surface area contributed by atoms with Crippen molar-refractivity contribution in [2.45, 2.75) is 82.8 Å². The van der Waals surface area contributed by atoms with Crippen LogP contribution in [-0.2, 0) is 34.5 Å². The number of fused-ring (bicyclic) bond motifs is 1. The number of ether oxygens (including phenoxy) is 5. The molecule has 3 aromatic rings. The minimum Gasteiger partial charge on any atom is -0.493 e. The Labute approximate surface area is 321 Å². The van der Waals surface area contributed by atoms with Gasteiger partial charge in [-0.2, -0.15) is 8.42 Å². The summed E-state index contributed by atoms with van der Waals surface area (Å²) in [6, 6.07) is 13.9. The Balaban J connectivity index is 1.37. The maximum Gasteiger partial charge on any atom is 0.442 e. The molecule has 0 bridgehead atoms. The summed E-state index contributed by atoms with van der Waals surface area (Å²) in [6.07, 6.45) is -1.84. The number of rotatable bonds is 13. The molecule has 1 aliphatic rings. The second-order valence-corrected chi connectivity index (χ2v) is 17.4. The lowest BCUT2D eigenvalue weighted by molar-refractivity contribution is -0.104. The number of nitrogens with zero attached hydrogens (tertiary/aromatic N) is 2. The van der Waals surface area contributed by atoms with Gasteiger partial charge in [0.1, 0.15) is 27.6 Å². The van der Waals surface area contributed by atoms with E-state index in [1.54, 1.807) is 79.7 Å². The fraction of sp³-hybridized carbons (Fsp3) is 0.417. The summed E-state index contributed by atoms with van der Waals surface area (Å²) in [5.74, 6) is 0.395. The van der Waals surface area contributed by atoms with Crippen LogP contribution in [0.3, 0.4) is 0 Å². The molecule has 2 amide bonds. The standard InChI is InChI=1S/C36H46N4O13S2/c1-9-39(25-11-16-30-31(21-25)49-23-48-30)54(43,44)28-12-14-29(15-13-28)55(45,46)53-27-20-24(2)19-26(22-27)47-17-10-18-50-40(34(42)52-36(6,7)8)32(37)38-33(41)51-35(3,4)5/h11-16,19-22H,9-10,17-18,23H2,1-8H3,(H2,37,38,41). The highest BCUT2D eigenvalue weighted by molar-refractivity contribution is 7.92. The quantitative estimate of drug-likeness (QED) is 0.0658. The van der Waals surface area contributed by atoms with Gasteiger partial charge in [0.2, 0.25) is 12.8 Å². The first-order valence-corrected chi connectivity index (χ1v) is 19.9. The third-order valence-corrected chi connectivity index (χ3v) is 10.2. The van der Waals surface area contributed by atoms with Crippen molar-refractivity contribution >= 4 is 44.0 Å². The fourth-order valence-corrected chi connectivity index (χ4v) is 7.21. The Morgan fingerprint density at radius 1 is 0.818 bits per heavy atom. The third-order valence-electron chi connectivity index (χ3n) is 7.02. The van der Waals surface area contributed by atoms with Crippen LogP contribution < -0.4 is 28.0 Å². The van der Waals surface area contributed by atoms with Crippen LogP contribution in [-0.4, -0.2) is 77.8 Å². The topological polar surface area (TPSA) is 209 Å². The van der Waals surface area contributed by atoms with E-state index in [4.69, 9.17) is 38.1 Å². The lowest BCUT2D eigenvalue weighted by atomic mass is 10.2. The van der Waals surface area contributed by atoms with E-state index in [1.165, 1.54) is 28.6 Å². The summed E-state index contributed by atoms with van der Waals surface area (Å²) in [5, 5.41) is 10.8. The lowest BCUT2D eigenvalue weighted by Gasteiger charge is -2.27. The molecule has 0 atom stereocenters. The molecule has 0 aliphatic carbocycles. The number of guanidine groups is 1. The molecule has 4 rings (SSSR count). The van der Waals surface area contributed by atoms with E-state index in [9.17, 15) is 26.4 Å². The first kappa shape index (κ1) is 42.5. The summed E-state index contributed by atoms with van der Waals surface area (Å²) in [6.45, 7) is 13.2. The molecule has 0 saturated heterocycles. The minimum atomic E-state index is -4.40. The first-order valence-electron chi connectivity index (χ1n) is 17.0. The van der Waals surface area contributed by atoms with Gasteiger partial charge in [0.05, 0.1) is 23.8 Å². The predicted molar refractivity (Wildman–Crippen MR) is 199 cm³/mol. The van der Waals surface area contributed by atoms with Crippen molar-refractivity contribution in [2.75, 3.05) is 30.9 Å². The molecule has 1 aliphatic heterocycles. The summed E-state index contributed by atoms with van der Waals surface area (Å²) < 4.78 is 87.0. The molecule has 2 N–H and O–H groups in total. The van der Waals surface area contributed by atoms with Gasteiger partial charge in [-0.25, -0.2) is 18.0 Å². The van der Waals surface area contributed by atoms with Crippen LogP contribution in [0.15, 0.2) is 70.5 Å². The Hall–Kier alpha value is -5.27. The van der Waals surface area contributed by atoms with Crippen molar-refractivity contribution in [1.82, 2.24) is 10.4 Å². The number of nitrogens with one attached hydrogen (secondary N) is 2. The zero-order valence-corrected chi connectivity index (χ0v) is 33.5. The van der Waals surface area contributed by atoms with E-state index in [0.29, 0.717) is 27.8 Å². The van der Waals surface area contributed by atoms with Crippen LogP contribution in [0.1, 0.15) is 60.5 Å². The fourth-order valence-electron chi connectivity index (χ4n) is 4.83. The highest BCUT2D eigenvalue weighted by Gasteiger charge is 2.30. The van der Waals surface area contributed by atoms with E-state index in [2.05, 4.69) is 5.32 Å². The van der Waals surface area contributed by atoms with Crippen molar-refractivity contribution in [1.29, 1.82) is 5.41 Å². The highest BCUT2D eigenvalue weighted by atomic mass is 32.2. The molecule has 1 heterocycles. The molecule has 3 aromatic carbocycles. The zero-order chi connectivity index (χ0) is 40.8. The Morgan fingerprint density at radius 2 is 1.44 bits per heavy atom.